The molecule has 0 aromatic rings. The van der Waals surface area contributed by atoms with Crippen LogP contribution in [0.4, 0.5) is 0 Å². The van der Waals surface area contributed by atoms with Gasteiger partial charge >= 0.3 is 17.9 Å². The van der Waals surface area contributed by atoms with E-state index in [-0.39, 0.29) is 11.8 Å². The van der Waals surface area contributed by atoms with Gasteiger partial charge in [-0.2, -0.15) is 0 Å². The lowest BCUT2D eigenvalue weighted by molar-refractivity contribution is -0.159. The van der Waals surface area contributed by atoms with Gasteiger partial charge in [-0.25, -0.2) is 0 Å². The quantitative estimate of drug-likeness (QED) is 0.691. The first kappa shape index (κ1) is 12.9. The second-order valence-corrected chi connectivity index (χ2v) is 5.20. The molecular formula is C12H16O6. The van der Waals surface area contributed by atoms with Crippen molar-refractivity contribution >= 4 is 17.9 Å². The Balaban J connectivity index is 2.41. The van der Waals surface area contributed by atoms with E-state index in [2.05, 4.69) is 0 Å². The van der Waals surface area contributed by atoms with Gasteiger partial charge in [-0.1, -0.05) is 12.8 Å². The van der Waals surface area contributed by atoms with Crippen LogP contribution in [-0.4, -0.2) is 33.2 Å². The summed E-state index contributed by atoms with van der Waals surface area (Å²) in [6.45, 7) is 0. The van der Waals surface area contributed by atoms with Crippen molar-refractivity contribution in [2.75, 3.05) is 0 Å². The predicted molar refractivity (Wildman–Crippen MR) is 58.8 cm³/mol. The third-order valence-corrected chi connectivity index (χ3v) is 4.43. The summed E-state index contributed by atoms with van der Waals surface area (Å²) < 4.78 is 0. The molecule has 2 saturated carbocycles. The summed E-state index contributed by atoms with van der Waals surface area (Å²) in [5.74, 6) is -7.69. The maximum atomic E-state index is 11.3. The minimum atomic E-state index is -1.30. The highest BCUT2D eigenvalue weighted by molar-refractivity contribution is 5.87. The van der Waals surface area contributed by atoms with Crippen LogP contribution in [-0.2, 0) is 14.4 Å². The second-order valence-electron chi connectivity index (χ2n) is 5.20. The van der Waals surface area contributed by atoms with Crippen LogP contribution in [0.5, 0.6) is 0 Å². The van der Waals surface area contributed by atoms with Crippen molar-refractivity contribution in [1.82, 2.24) is 0 Å². The molecule has 0 saturated heterocycles. The van der Waals surface area contributed by atoms with Gasteiger partial charge in [0, 0.05) is 0 Å². The maximum Gasteiger partial charge on any atom is 0.308 e. The normalized spacial score (nSPS) is 39.0. The molecule has 6 nitrogen and oxygen atoms in total. The number of hydrogen-bond acceptors (Lipinski definition) is 3. The van der Waals surface area contributed by atoms with E-state index in [4.69, 9.17) is 0 Å². The third kappa shape index (κ3) is 1.85. The van der Waals surface area contributed by atoms with E-state index < -0.39 is 35.7 Å². The van der Waals surface area contributed by atoms with E-state index >= 15 is 0 Å². The molecule has 0 spiro atoms. The molecule has 0 aliphatic heterocycles. The van der Waals surface area contributed by atoms with E-state index in [1.165, 1.54) is 0 Å². The zero-order valence-electron chi connectivity index (χ0n) is 9.78. The van der Waals surface area contributed by atoms with Crippen LogP contribution < -0.4 is 0 Å². The van der Waals surface area contributed by atoms with Crippen molar-refractivity contribution in [3.05, 3.63) is 0 Å². The average molecular weight is 256 g/mol. The molecule has 0 heterocycles. The summed E-state index contributed by atoms with van der Waals surface area (Å²) in [5, 5.41) is 27.6. The van der Waals surface area contributed by atoms with Crippen molar-refractivity contribution in [3.8, 4) is 0 Å². The summed E-state index contributed by atoms with van der Waals surface area (Å²) in [6.07, 6.45) is 2.94. The molecule has 2 aliphatic rings. The Bertz CT molecular complexity index is 360. The molecule has 6 heteroatoms. The number of rotatable bonds is 3. The molecule has 4 unspecified atom stereocenters. The fourth-order valence-electron chi connectivity index (χ4n) is 3.82. The first-order valence-corrected chi connectivity index (χ1v) is 6.13. The lowest BCUT2D eigenvalue weighted by atomic mass is 9.76. The third-order valence-electron chi connectivity index (χ3n) is 4.43. The van der Waals surface area contributed by atoms with Crippen LogP contribution in [0.25, 0.3) is 0 Å². The van der Waals surface area contributed by atoms with Crippen molar-refractivity contribution < 1.29 is 29.7 Å². The Kier molecular flexibility index (Phi) is 3.28. The van der Waals surface area contributed by atoms with Crippen molar-refractivity contribution in [2.24, 2.45) is 29.6 Å². The van der Waals surface area contributed by atoms with Crippen LogP contribution >= 0.6 is 0 Å². The van der Waals surface area contributed by atoms with Gasteiger partial charge in [0.25, 0.3) is 0 Å². The van der Waals surface area contributed by atoms with Gasteiger partial charge in [0.2, 0.25) is 0 Å². The summed E-state index contributed by atoms with van der Waals surface area (Å²) in [6, 6.07) is 0. The molecule has 0 aromatic carbocycles. The molecule has 2 rings (SSSR count). The summed E-state index contributed by atoms with van der Waals surface area (Å²) in [4.78, 5) is 33.8. The predicted octanol–water partition coefficient (Wildman–Crippen LogP) is 0.909. The molecule has 0 amide bonds. The van der Waals surface area contributed by atoms with Gasteiger partial charge in [-0.15, -0.1) is 0 Å². The molecule has 2 aliphatic carbocycles. The van der Waals surface area contributed by atoms with Gasteiger partial charge in [-0.3, -0.25) is 14.4 Å². The smallest absolute Gasteiger partial charge is 0.308 e. The zero-order valence-corrected chi connectivity index (χ0v) is 9.78. The van der Waals surface area contributed by atoms with E-state index in [1.54, 1.807) is 0 Å². The molecule has 18 heavy (non-hydrogen) atoms. The molecule has 3 N–H and O–H groups in total. The highest BCUT2D eigenvalue weighted by Gasteiger charge is 2.59. The highest BCUT2D eigenvalue weighted by atomic mass is 16.4. The first-order valence-electron chi connectivity index (χ1n) is 6.13. The Morgan fingerprint density at radius 2 is 1.00 bits per heavy atom. The molecule has 0 radical (unpaired) electrons. The monoisotopic (exact) mass is 256 g/mol. The largest absolute Gasteiger partial charge is 0.481 e. The Morgan fingerprint density at radius 3 is 1.28 bits per heavy atom. The van der Waals surface area contributed by atoms with Crippen LogP contribution in [0.2, 0.25) is 0 Å². The van der Waals surface area contributed by atoms with Gasteiger partial charge in [0.1, 0.15) is 0 Å². The minimum absolute atomic E-state index is 0.307. The van der Waals surface area contributed by atoms with Crippen LogP contribution in [0.1, 0.15) is 25.7 Å². The fraction of sp³-hybridized carbons (Fsp3) is 0.750. The highest BCUT2D eigenvalue weighted by Crippen LogP contribution is 2.52. The van der Waals surface area contributed by atoms with Crippen molar-refractivity contribution in [2.45, 2.75) is 25.7 Å². The Morgan fingerprint density at radius 1 is 0.667 bits per heavy atom. The maximum absolute atomic E-state index is 11.3. The minimum Gasteiger partial charge on any atom is -0.481 e. The van der Waals surface area contributed by atoms with Crippen LogP contribution in [0, 0.1) is 29.6 Å². The summed E-state index contributed by atoms with van der Waals surface area (Å²) in [7, 11) is 0. The van der Waals surface area contributed by atoms with E-state index in [0.717, 1.165) is 12.8 Å². The van der Waals surface area contributed by atoms with Gasteiger partial charge < -0.3 is 15.3 Å². The number of aliphatic carboxylic acids is 3. The lowest BCUT2D eigenvalue weighted by Crippen LogP contribution is -2.34. The van der Waals surface area contributed by atoms with E-state index in [0.29, 0.717) is 12.8 Å². The standard InChI is InChI=1S/C12H16O6/c13-10(14)7-5-3-1-2-4-6(5)8(11(15)16)9(7)12(17)18/h5-9H,1-4H2,(H,13,14)(H,15,16)(H,17,18). The Labute approximate surface area is 104 Å². The zero-order chi connectivity index (χ0) is 13.4. The molecule has 4 atom stereocenters. The second kappa shape index (κ2) is 4.59. The number of carbonyl (C=O) groups is 3. The summed E-state index contributed by atoms with van der Waals surface area (Å²) >= 11 is 0. The topological polar surface area (TPSA) is 112 Å². The average Bonchev–Trinajstić information content (AvgIpc) is 2.63. The SMILES string of the molecule is O=C(O)C1C2CCCCC2C(C(=O)O)C1C(=O)O. The number of hydrogen-bond donors (Lipinski definition) is 3. The van der Waals surface area contributed by atoms with Gasteiger partial charge in [-0.05, 0) is 24.7 Å². The van der Waals surface area contributed by atoms with Gasteiger partial charge in [0.15, 0.2) is 0 Å². The first-order chi connectivity index (χ1) is 8.45. The van der Waals surface area contributed by atoms with Crippen molar-refractivity contribution in [3.63, 3.8) is 0 Å². The van der Waals surface area contributed by atoms with Gasteiger partial charge in [0.05, 0.1) is 17.8 Å². The number of carboxylic acid groups (broad SMARTS) is 3. The molecule has 2 fully saturated rings. The number of carboxylic acids is 3. The molecule has 0 bridgehead atoms. The van der Waals surface area contributed by atoms with E-state index in [9.17, 15) is 29.7 Å². The van der Waals surface area contributed by atoms with E-state index in [1.807, 2.05) is 0 Å². The lowest BCUT2D eigenvalue weighted by Gasteiger charge is -2.28. The fourth-order valence-corrected chi connectivity index (χ4v) is 3.82. The molecular weight excluding hydrogens is 240 g/mol. The molecule has 100 valence electrons. The Hall–Kier alpha value is -1.59. The molecule has 0 aromatic heterocycles. The summed E-state index contributed by atoms with van der Waals surface area (Å²) in [5.41, 5.74) is 0. The van der Waals surface area contributed by atoms with Crippen molar-refractivity contribution in [1.29, 1.82) is 0 Å². The number of fused-ring (bicyclic) bond motifs is 1. The van der Waals surface area contributed by atoms with Crippen LogP contribution in [0.3, 0.4) is 0 Å². The van der Waals surface area contributed by atoms with Crippen LogP contribution in [0.15, 0.2) is 0 Å².